The van der Waals surface area contributed by atoms with Crippen LogP contribution >= 0.6 is 22.9 Å². The molecule has 2 nitrogen and oxygen atoms in total. The summed E-state index contributed by atoms with van der Waals surface area (Å²) in [6, 6.07) is 0.827. The summed E-state index contributed by atoms with van der Waals surface area (Å²) in [6.07, 6.45) is 3.96. The summed E-state index contributed by atoms with van der Waals surface area (Å²) in [5, 5.41) is 3.28. The van der Waals surface area contributed by atoms with E-state index in [4.69, 9.17) is 11.6 Å². The zero-order valence-electron chi connectivity index (χ0n) is 9.08. The largest absolute Gasteiger partial charge is 0.294 e. The van der Waals surface area contributed by atoms with E-state index >= 15 is 0 Å². The van der Waals surface area contributed by atoms with Crippen molar-refractivity contribution in [2.45, 2.75) is 44.7 Å². The van der Waals surface area contributed by atoms with Crippen molar-refractivity contribution in [3.63, 3.8) is 0 Å². The third kappa shape index (κ3) is 3.16. The monoisotopic (exact) mass is 244 g/mol. The van der Waals surface area contributed by atoms with Crippen LogP contribution in [0.5, 0.6) is 0 Å². The maximum atomic E-state index is 5.74. The van der Waals surface area contributed by atoms with Crippen molar-refractivity contribution < 1.29 is 0 Å². The first-order valence-electron chi connectivity index (χ1n) is 5.56. The molecule has 2 rings (SSSR count). The van der Waals surface area contributed by atoms with Gasteiger partial charge in [-0.05, 0) is 25.8 Å². The fourth-order valence-corrected chi connectivity index (χ4v) is 2.82. The predicted molar refractivity (Wildman–Crippen MR) is 65.4 cm³/mol. The van der Waals surface area contributed by atoms with Gasteiger partial charge in [0, 0.05) is 11.4 Å². The molecule has 0 radical (unpaired) electrons. The molecule has 0 bridgehead atoms. The van der Waals surface area contributed by atoms with Gasteiger partial charge in [0.25, 0.3) is 0 Å². The Morgan fingerprint density at radius 3 is 2.93 bits per heavy atom. The number of hydrogen-bond acceptors (Lipinski definition) is 3. The highest BCUT2D eigenvalue weighted by Crippen LogP contribution is 2.29. The zero-order valence-corrected chi connectivity index (χ0v) is 10.7. The first-order valence-corrected chi connectivity index (χ1v) is 6.98. The van der Waals surface area contributed by atoms with E-state index in [1.165, 1.54) is 30.8 Å². The van der Waals surface area contributed by atoms with E-state index in [1.54, 1.807) is 11.3 Å². The summed E-state index contributed by atoms with van der Waals surface area (Å²) in [5.41, 5.74) is 1.02. The molecule has 0 aromatic carbocycles. The summed E-state index contributed by atoms with van der Waals surface area (Å²) in [4.78, 5) is 7.06. The number of nitrogens with zero attached hydrogens (tertiary/aromatic N) is 2. The molecule has 15 heavy (non-hydrogen) atoms. The molecule has 1 fully saturated rings. The van der Waals surface area contributed by atoms with Crippen LogP contribution in [0.3, 0.4) is 0 Å². The topological polar surface area (TPSA) is 16.1 Å². The lowest BCUT2D eigenvalue weighted by molar-refractivity contribution is 0.255. The van der Waals surface area contributed by atoms with E-state index in [1.807, 2.05) is 0 Å². The second-order valence-electron chi connectivity index (χ2n) is 4.07. The van der Waals surface area contributed by atoms with Crippen LogP contribution in [0.2, 0.25) is 0 Å². The normalized spacial score (nSPS) is 16.2. The lowest BCUT2D eigenvalue weighted by Gasteiger charge is -2.19. The van der Waals surface area contributed by atoms with Crippen molar-refractivity contribution in [1.29, 1.82) is 0 Å². The molecule has 0 aliphatic heterocycles. The molecule has 84 valence electrons. The molecule has 1 aromatic rings. The minimum atomic E-state index is 0.535. The molecule has 0 spiro atoms. The third-order valence-electron chi connectivity index (χ3n) is 2.65. The molecule has 1 heterocycles. The minimum Gasteiger partial charge on any atom is -0.294 e. The summed E-state index contributed by atoms with van der Waals surface area (Å²) < 4.78 is 0. The van der Waals surface area contributed by atoms with Crippen molar-refractivity contribution in [2.75, 3.05) is 6.54 Å². The highest BCUT2D eigenvalue weighted by Gasteiger charge is 2.28. The van der Waals surface area contributed by atoms with Crippen LogP contribution in [0.15, 0.2) is 5.38 Å². The highest BCUT2D eigenvalue weighted by molar-refractivity contribution is 7.09. The number of halogens is 1. The second-order valence-corrected chi connectivity index (χ2v) is 5.28. The van der Waals surface area contributed by atoms with Gasteiger partial charge in [0.1, 0.15) is 5.01 Å². The van der Waals surface area contributed by atoms with Crippen molar-refractivity contribution in [1.82, 2.24) is 9.88 Å². The van der Waals surface area contributed by atoms with E-state index in [9.17, 15) is 0 Å². The zero-order chi connectivity index (χ0) is 10.7. The second kappa shape index (κ2) is 5.28. The Hall–Kier alpha value is -0.120. The Balaban J connectivity index is 1.92. The summed E-state index contributed by atoms with van der Waals surface area (Å²) in [7, 11) is 0. The molecule has 1 aliphatic carbocycles. The Kier molecular flexibility index (Phi) is 4.00. The van der Waals surface area contributed by atoms with Crippen LogP contribution in [0.4, 0.5) is 0 Å². The summed E-state index contributed by atoms with van der Waals surface area (Å²) in [5.74, 6) is 0.535. The van der Waals surface area contributed by atoms with E-state index < -0.39 is 0 Å². The lowest BCUT2D eigenvalue weighted by Crippen LogP contribution is -2.26. The Morgan fingerprint density at radius 2 is 2.40 bits per heavy atom. The molecule has 0 saturated heterocycles. The van der Waals surface area contributed by atoms with Crippen molar-refractivity contribution >= 4 is 22.9 Å². The fourth-order valence-electron chi connectivity index (χ4n) is 1.77. The van der Waals surface area contributed by atoms with E-state index in [2.05, 4.69) is 22.2 Å². The number of hydrogen-bond donors (Lipinski definition) is 0. The van der Waals surface area contributed by atoms with Crippen LogP contribution in [0.1, 0.15) is 36.9 Å². The average Bonchev–Trinajstić information content (AvgIpc) is 2.99. The molecule has 1 saturated carbocycles. The van der Waals surface area contributed by atoms with E-state index in [-0.39, 0.29) is 0 Å². The first-order chi connectivity index (χ1) is 7.33. The number of thiazole rings is 1. The molecule has 4 heteroatoms. The minimum absolute atomic E-state index is 0.535. The quantitative estimate of drug-likeness (QED) is 0.715. The molecular weight excluding hydrogens is 228 g/mol. The Morgan fingerprint density at radius 1 is 1.60 bits per heavy atom. The van der Waals surface area contributed by atoms with Gasteiger partial charge >= 0.3 is 0 Å². The molecule has 0 amide bonds. The standard InChI is InChI=1S/C11H17ClN2S/c1-2-5-14(10-3-4-10)7-11-13-9(6-12)8-15-11/h8,10H,2-7H2,1H3. The summed E-state index contributed by atoms with van der Waals surface area (Å²) >= 11 is 7.48. The predicted octanol–water partition coefficient (Wildman–Crippen LogP) is 3.26. The number of aromatic nitrogens is 1. The van der Waals surface area contributed by atoms with Crippen molar-refractivity contribution in [2.24, 2.45) is 0 Å². The van der Waals surface area contributed by atoms with Gasteiger partial charge in [-0.2, -0.15) is 0 Å². The van der Waals surface area contributed by atoms with Gasteiger partial charge in [-0.25, -0.2) is 4.98 Å². The van der Waals surface area contributed by atoms with Crippen LogP contribution in [0.25, 0.3) is 0 Å². The SMILES string of the molecule is CCCN(Cc1nc(CCl)cs1)C1CC1. The van der Waals surface area contributed by atoms with Crippen LogP contribution < -0.4 is 0 Å². The summed E-state index contributed by atoms with van der Waals surface area (Å²) in [6.45, 7) is 4.45. The maximum Gasteiger partial charge on any atom is 0.107 e. The molecular formula is C11H17ClN2S. The van der Waals surface area contributed by atoms with Crippen LogP contribution in [0, 0.1) is 0 Å². The van der Waals surface area contributed by atoms with E-state index in [0.29, 0.717) is 5.88 Å². The average molecular weight is 245 g/mol. The van der Waals surface area contributed by atoms with Crippen molar-refractivity contribution in [3.05, 3.63) is 16.1 Å². The fraction of sp³-hybridized carbons (Fsp3) is 0.727. The van der Waals surface area contributed by atoms with Crippen molar-refractivity contribution in [3.8, 4) is 0 Å². The van der Waals surface area contributed by atoms with Gasteiger partial charge in [0.05, 0.1) is 18.1 Å². The van der Waals surface area contributed by atoms with Gasteiger partial charge < -0.3 is 0 Å². The maximum absolute atomic E-state index is 5.74. The van der Waals surface area contributed by atoms with E-state index in [0.717, 1.165) is 18.3 Å². The first kappa shape index (κ1) is 11.4. The molecule has 1 aliphatic rings. The Bertz CT molecular complexity index is 309. The van der Waals surface area contributed by atoms with Gasteiger partial charge in [-0.1, -0.05) is 6.92 Å². The number of alkyl halides is 1. The molecule has 1 aromatic heterocycles. The number of rotatable bonds is 6. The third-order valence-corrected chi connectivity index (χ3v) is 3.80. The smallest absolute Gasteiger partial charge is 0.107 e. The van der Waals surface area contributed by atoms with Gasteiger partial charge in [0.2, 0.25) is 0 Å². The van der Waals surface area contributed by atoms with Gasteiger partial charge in [-0.15, -0.1) is 22.9 Å². The van der Waals surface area contributed by atoms with Crippen LogP contribution in [-0.2, 0) is 12.4 Å². The molecule has 0 atom stereocenters. The lowest BCUT2D eigenvalue weighted by atomic mass is 10.4. The highest BCUT2D eigenvalue weighted by atomic mass is 35.5. The molecule has 0 N–H and O–H groups in total. The van der Waals surface area contributed by atoms with Gasteiger partial charge in [-0.3, -0.25) is 4.90 Å². The Labute approximate surface area is 100 Å². The van der Waals surface area contributed by atoms with Gasteiger partial charge in [0.15, 0.2) is 0 Å². The molecule has 0 unspecified atom stereocenters. The van der Waals surface area contributed by atoms with Crippen LogP contribution in [-0.4, -0.2) is 22.5 Å².